The second-order valence-corrected chi connectivity index (χ2v) is 4.84. The predicted molar refractivity (Wildman–Crippen MR) is 74.4 cm³/mol. The highest BCUT2D eigenvalue weighted by atomic mass is 19.1. The highest BCUT2D eigenvalue weighted by molar-refractivity contribution is 6.05. The average molecular weight is 251 g/mol. The van der Waals surface area contributed by atoms with Gasteiger partial charge in [0.05, 0.1) is 10.9 Å². The van der Waals surface area contributed by atoms with E-state index in [1.54, 1.807) is 6.07 Å². The van der Waals surface area contributed by atoms with Gasteiger partial charge in [0.1, 0.15) is 18.4 Å². The number of aromatic amines is 1. The third kappa shape index (κ3) is 1.38. The molecule has 0 aliphatic heterocycles. The van der Waals surface area contributed by atoms with Gasteiger partial charge in [0, 0.05) is 11.5 Å². The van der Waals surface area contributed by atoms with Crippen LogP contribution in [0.2, 0.25) is 0 Å². The molecule has 0 radical (unpaired) electrons. The first kappa shape index (κ1) is 10.5. The van der Waals surface area contributed by atoms with Crippen LogP contribution in [0.3, 0.4) is 0 Å². The van der Waals surface area contributed by atoms with Crippen LogP contribution in [0.25, 0.3) is 32.8 Å². The largest absolute Gasteiger partial charge is 0.349 e. The molecule has 0 unspecified atom stereocenters. The topological polar surface area (TPSA) is 19.7 Å². The summed E-state index contributed by atoms with van der Waals surface area (Å²) in [6.45, 7) is 0. The number of fused-ring (bicyclic) bond motifs is 4. The molecule has 0 bridgehead atoms. The van der Waals surface area contributed by atoms with E-state index in [-0.39, 0.29) is 5.82 Å². The number of para-hydroxylation sites is 1. The van der Waals surface area contributed by atoms with E-state index in [1.807, 2.05) is 29.8 Å². The lowest BCUT2D eigenvalue weighted by atomic mass is 10.1. The fraction of sp³-hybridized carbons (Fsp3) is 0.0625. The second kappa shape index (κ2) is 3.54. The lowest BCUT2D eigenvalue weighted by Gasteiger charge is -1.99. The standard InChI is InChI=1S/C16H11FN2/c1-19-15-9-11(17)7-6-10(15)8-14-16(19)12-4-2-3-5-13(12)18-14/h2-9H,1H3/p+1. The molecule has 19 heavy (non-hydrogen) atoms. The maximum absolute atomic E-state index is 13.4. The van der Waals surface area contributed by atoms with Crippen molar-refractivity contribution in [2.24, 2.45) is 7.05 Å². The summed E-state index contributed by atoms with van der Waals surface area (Å²) in [5.74, 6) is -0.206. The number of benzene rings is 2. The Morgan fingerprint density at radius 3 is 2.74 bits per heavy atom. The van der Waals surface area contributed by atoms with Gasteiger partial charge in [0.15, 0.2) is 0 Å². The summed E-state index contributed by atoms with van der Waals surface area (Å²) in [5.41, 5.74) is 4.18. The summed E-state index contributed by atoms with van der Waals surface area (Å²) in [5, 5.41) is 2.19. The van der Waals surface area contributed by atoms with Crippen molar-refractivity contribution < 1.29 is 8.96 Å². The molecule has 0 saturated carbocycles. The third-order valence-electron chi connectivity index (χ3n) is 3.70. The van der Waals surface area contributed by atoms with E-state index in [0.717, 1.165) is 32.8 Å². The van der Waals surface area contributed by atoms with E-state index < -0.39 is 0 Å². The zero-order valence-electron chi connectivity index (χ0n) is 10.4. The molecule has 0 fully saturated rings. The smallest absolute Gasteiger partial charge is 0.238 e. The number of nitrogens with one attached hydrogen (secondary N) is 1. The molecule has 0 aliphatic carbocycles. The molecular weight excluding hydrogens is 239 g/mol. The Hall–Kier alpha value is -2.42. The normalized spacial score (nSPS) is 11.7. The van der Waals surface area contributed by atoms with E-state index in [0.29, 0.717) is 0 Å². The van der Waals surface area contributed by atoms with Crippen molar-refractivity contribution in [1.29, 1.82) is 0 Å². The van der Waals surface area contributed by atoms with Crippen LogP contribution >= 0.6 is 0 Å². The van der Waals surface area contributed by atoms with Crippen LogP contribution in [0.4, 0.5) is 4.39 Å². The first-order chi connectivity index (χ1) is 9.24. The molecule has 3 heteroatoms. The predicted octanol–water partition coefficient (Wildman–Crippen LogP) is 3.44. The van der Waals surface area contributed by atoms with Gasteiger partial charge in [0.2, 0.25) is 11.0 Å². The van der Waals surface area contributed by atoms with Crippen molar-refractivity contribution >= 4 is 32.8 Å². The molecule has 2 nitrogen and oxygen atoms in total. The minimum Gasteiger partial charge on any atom is -0.349 e. The van der Waals surface area contributed by atoms with Crippen molar-refractivity contribution in [2.45, 2.75) is 0 Å². The van der Waals surface area contributed by atoms with Crippen LogP contribution in [0.15, 0.2) is 48.5 Å². The Labute approximate surface area is 109 Å². The SMILES string of the molecule is C[n+]1c2cc(F)ccc2cc2[nH]c3ccccc3c21. The first-order valence-electron chi connectivity index (χ1n) is 6.23. The maximum Gasteiger partial charge on any atom is 0.238 e. The number of pyridine rings is 1. The first-order valence-corrected chi connectivity index (χ1v) is 6.23. The van der Waals surface area contributed by atoms with Gasteiger partial charge in [0.25, 0.3) is 0 Å². The molecule has 0 amide bonds. The molecule has 0 atom stereocenters. The van der Waals surface area contributed by atoms with Crippen LogP contribution < -0.4 is 4.57 Å². The van der Waals surface area contributed by atoms with Gasteiger partial charge < -0.3 is 4.98 Å². The lowest BCUT2D eigenvalue weighted by Crippen LogP contribution is -2.29. The van der Waals surface area contributed by atoms with Gasteiger partial charge in [-0.15, -0.1) is 0 Å². The maximum atomic E-state index is 13.4. The number of hydrogen-bond donors (Lipinski definition) is 1. The molecule has 2 aromatic carbocycles. The molecule has 2 heterocycles. The average Bonchev–Trinajstić information content (AvgIpc) is 2.78. The number of aryl methyl sites for hydroxylation is 1. The van der Waals surface area contributed by atoms with Crippen LogP contribution in [-0.4, -0.2) is 4.98 Å². The quantitative estimate of drug-likeness (QED) is 0.462. The van der Waals surface area contributed by atoms with Crippen molar-refractivity contribution in [2.75, 3.05) is 0 Å². The van der Waals surface area contributed by atoms with Crippen LogP contribution in [-0.2, 0) is 7.05 Å². The van der Waals surface area contributed by atoms with Crippen molar-refractivity contribution in [3.63, 3.8) is 0 Å². The van der Waals surface area contributed by atoms with E-state index in [9.17, 15) is 4.39 Å². The summed E-state index contributed by atoms with van der Waals surface area (Å²) < 4.78 is 15.5. The van der Waals surface area contributed by atoms with Crippen LogP contribution in [0.1, 0.15) is 0 Å². The van der Waals surface area contributed by atoms with Gasteiger partial charge in [-0.25, -0.2) is 4.39 Å². The number of H-pyrrole nitrogens is 1. The number of hydrogen-bond acceptors (Lipinski definition) is 0. The molecule has 1 N–H and O–H groups in total. The van der Waals surface area contributed by atoms with Gasteiger partial charge in [-0.05, 0) is 30.3 Å². The Morgan fingerprint density at radius 2 is 1.84 bits per heavy atom. The molecular formula is C16H12FN2+. The molecule has 4 aromatic rings. The van der Waals surface area contributed by atoms with Gasteiger partial charge in [-0.2, -0.15) is 4.57 Å². The zero-order valence-corrected chi connectivity index (χ0v) is 10.4. The van der Waals surface area contributed by atoms with E-state index in [1.165, 1.54) is 6.07 Å². The number of halogens is 1. The van der Waals surface area contributed by atoms with E-state index in [4.69, 9.17) is 0 Å². The van der Waals surface area contributed by atoms with Gasteiger partial charge in [-0.1, -0.05) is 12.1 Å². The van der Waals surface area contributed by atoms with Gasteiger partial charge >= 0.3 is 0 Å². The van der Waals surface area contributed by atoms with Crippen LogP contribution in [0.5, 0.6) is 0 Å². The van der Waals surface area contributed by atoms with Crippen molar-refractivity contribution in [3.05, 3.63) is 54.3 Å². The fourth-order valence-corrected chi connectivity index (χ4v) is 2.82. The summed E-state index contributed by atoms with van der Waals surface area (Å²) in [6.07, 6.45) is 0. The van der Waals surface area contributed by atoms with Crippen molar-refractivity contribution in [3.8, 4) is 0 Å². The third-order valence-corrected chi connectivity index (χ3v) is 3.70. The highest BCUT2D eigenvalue weighted by Crippen LogP contribution is 2.25. The number of aromatic nitrogens is 2. The molecule has 4 rings (SSSR count). The lowest BCUT2D eigenvalue weighted by molar-refractivity contribution is -0.616. The minimum atomic E-state index is -0.206. The minimum absolute atomic E-state index is 0.206. The highest BCUT2D eigenvalue weighted by Gasteiger charge is 2.17. The van der Waals surface area contributed by atoms with E-state index in [2.05, 4.69) is 23.2 Å². The van der Waals surface area contributed by atoms with Crippen LogP contribution in [0, 0.1) is 5.82 Å². The second-order valence-electron chi connectivity index (χ2n) is 4.84. The van der Waals surface area contributed by atoms with Gasteiger partial charge in [-0.3, -0.25) is 0 Å². The monoisotopic (exact) mass is 251 g/mol. The summed E-state index contributed by atoms with van der Waals surface area (Å²) >= 11 is 0. The summed E-state index contributed by atoms with van der Waals surface area (Å²) in [6, 6.07) is 15.1. The molecule has 0 saturated heterocycles. The fourth-order valence-electron chi connectivity index (χ4n) is 2.82. The molecule has 2 aromatic heterocycles. The number of rotatable bonds is 0. The molecule has 0 spiro atoms. The molecule has 92 valence electrons. The Kier molecular flexibility index (Phi) is 1.96. The Morgan fingerprint density at radius 1 is 1.00 bits per heavy atom. The Balaban J connectivity index is 2.31. The molecule has 0 aliphatic rings. The van der Waals surface area contributed by atoms with Crippen molar-refractivity contribution in [1.82, 2.24) is 4.98 Å². The summed E-state index contributed by atoms with van der Waals surface area (Å²) in [7, 11) is 1.98. The summed E-state index contributed by atoms with van der Waals surface area (Å²) in [4.78, 5) is 3.41. The number of nitrogens with zero attached hydrogens (tertiary/aromatic N) is 1. The zero-order chi connectivity index (χ0) is 13.0. The Bertz CT molecular complexity index is 938. The van der Waals surface area contributed by atoms with E-state index >= 15 is 0 Å².